The van der Waals surface area contributed by atoms with E-state index in [1.54, 1.807) is 17.8 Å². The van der Waals surface area contributed by atoms with Crippen LogP contribution in [0.2, 0.25) is 0 Å². The smallest absolute Gasteiger partial charge is 0.336 e. The number of carbonyl (C=O) groups is 1. The van der Waals surface area contributed by atoms with Gasteiger partial charge in [0, 0.05) is 10.6 Å². The van der Waals surface area contributed by atoms with Crippen molar-refractivity contribution in [3.63, 3.8) is 0 Å². The minimum absolute atomic E-state index is 0.287. The number of aromatic nitrogens is 2. The van der Waals surface area contributed by atoms with Crippen LogP contribution in [0.1, 0.15) is 39.5 Å². The van der Waals surface area contributed by atoms with Crippen LogP contribution in [0.3, 0.4) is 0 Å². The molecule has 0 amide bonds. The molecule has 0 radical (unpaired) electrons. The van der Waals surface area contributed by atoms with Gasteiger partial charge in [0.25, 0.3) is 0 Å². The Morgan fingerprint density at radius 3 is 2.31 bits per heavy atom. The first-order valence-corrected chi connectivity index (χ1v) is 10.4. The molecule has 148 valence electrons. The van der Waals surface area contributed by atoms with Crippen LogP contribution in [0.15, 0.2) is 53.4 Å². The maximum atomic E-state index is 11.7. The molecule has 1 aromatic heterocycles. The fourth-order valence-electron chi connectivity index (χ4n) is 2.96. The lowest BCUT2D eigenvalue weighted by Gasteiger charge is -2.08. The third kappa shape index (κ3) is 5.33. The van der Waals surface area contributed by atoms with Gasteiger partial charge in [-0.25, -0.2) is 4.79 Å². The number of thioether (sulfide) groups is 1. The summed E-state index contributed by atoms with van der Waals surface area (Å²) in [6.07, 6.45) is 1.71. The molecule has 5 heteroatoms. The third-order valence-electron chi connectivity index (χ3n) is 4.71. The molecule has 0 fully saturated rings. The highest BCUT2D eigenvalue weighted by molar-refractivity contribution is 7.98. The van der Waals surface area contributed by atoms with Gasteiger partial charge in [-0.2, -0.15) is 0 Å². The Morgan fingerprint density at radius 1 is 0.966 bits per heavy atom. The van der Waals surface area contributed by atoms with E-state index in [0.29, 0.717) is 5.56 Å². The van der Waals surface area contributed by atoms with E-state index in [1.165, 1.54) is 0 Å². The van der Waals surface area contributed by atoms with E-state index in [9.17, 15) is 9.90 Å². The van der Waals surface area contributed by atoms with Crippen molar-refractivity contribution in [2.24, 2.45) is 0 Å². The number of hydrogen-bond donors (Lipinski definition) is 1. The predicted octanol–water partition coefficient (Wildman–Crippen LogP) is 5.63. The molecule has 0 aliphatic carbocycles. The lowest BCUT2D eigenvalue weighted by Crippen LogP contribution is -2.01. The van der Waals surface area contributed by atoms with Crippen LogP contribution in [-0.2, 0) is 10.5 Å². The topological polar surface area (TPSA) is 63.1 Å². The number of hydrogen-bond acceptors (Lipinski definition) is 4. The SMILES string of the molecule is Cc1cccc(/C(=C\c2ccc(SCc3nc(C)c(C)nc3C)cc2)C(=O)O)c1. The zero-order chi connectivity index (χ0) is 21.0. The van der Waals surface area contributed by atoms with Gasteiger partial charge in [0.2, 0.25) is 0 Å². The molecule has 4 nitrogen and oxygen atoms in total. The molecule has 1 heterocycles. The van der Waals surface area contributed by atoms with E-state index in [0.717, 1.165) is 44.6 Å². The van der Waals surface area contributed by atoms with Gasteiger partial charge >= 0.3 is 5.97 Å². The van der Waals surface area contributed by atoms with Crippen LogP contribution in [0.5, 0.6) is 0 Å². The second-order valence-corrected chi connectivity index (χ2v) is 8.07. The van der Waals surface area contributed by atoms with E-state index < -0.39 is 5.97 Å². The van der Waals surface area contributed by atoms with Crippen LogP contribution >= 0.6 is 11.8 Å². The average Bonchev–Trinajstić information content (AvgIpc) is 2.68. The number of aryl methyl sites for hydroxylation is 4. The summed E-state index contributed by atoms with van der Waals surface area (Å²) in [4.78, 5) is 22.0. The Morgan fingerprint density at radius 2 is 1.66 bits per heavy atom. The van der Waals surface area contributed by atoms with Crippen LogP contribution in [0.25, 0.3) is 11.6 Å². The zero-order valence-electron chi connectivity index (χ0n) is 17.1. The molecule has 1 N–H and O–H groups in total. The first-order valence-electron chi connectivity index (χ1n) is 9.39. The number of benzene rings is 2. The fraction of sp³-hybridized carbons (Fsp3) is 0.208. The summed E-state index contributed by atoms with van der Waals surface area (Å²) in [5.74, 6) is -0.184. The molecular formula is C24H24N2O2S. The summed E-state index contributed by atoms with van der Waals surface area (Å²) in [6, 6.07) is 15.4. The van der Waals surface area contributed by atoms with Gasteiger partial charge in [-0.15, -0.1) is 11.8 Å². The predicted molar refractivity (Wildman–Crippen MR) is 119 cm³/mol. The Bertz CT molecular complexity index is 1070. The molecule has 0 bridgehead atoms. The maximum Gasteiger partial charge on any atom is 0.336 e. The molecule has 0 saturated heterocycles. The zero-order valence-corrected chi connectivity index (χ0v) is 17.9. The van der Waals surface area contributed by atoms with Gasteiger partial charge in [0.1, 0.15) is 0 Å². The van der Waals surface area contributed by atoms with E-state index in [-0.39, 0.29) is 5.57 Å². The molecule has 0 aliphatic heterocycles. The summed E-state index contributed by atoms with van der Waals surface area (Å²) < 4.78 is 0. The maximum absolute atomic E-state index is 11.7. The summed E-state index contributed by atoms with van der Waals surface area (Å²) in [5.41, 5.74) is 6.77. The van der Waals surface area contributed by atoms with Crippen molar-refractivity contribution in [3.8, 4) is 0 Å². The lowest BCUT2D eigenvalue weighted by atomic mass is 10.0. The Labute approximate surface area is 175 Å². The second kappa shape index (κ2) is 9.05. The van der Waals surface area contributed by atoms with Crippen LogP contribution in [-0.4, -0.2) is 21.0 Å². The summed E-state index contributed by atoms with van der Waals surface area (Å²) >= 11 is 1.69. The van der Waals surface area contributed by atoms with Crippen LogP contribution in [0, 0.1) is 27.7 Å². The molecule has 2 aromatic carbocycles. The highest BCUT2D eigenvalue weighted by atomic mass is 32.2. The summed E-state index contributed by atoms with van der Waals surface area (Å²) in [7, 11) is 0. The van der Waals surface area contributed by atoms with Gasteiger partial charge in [0.05, 0.1) is 28.3 Å². The highest BCUT2D eigenvalue weighted by Crippen LogP contribution is 2.25. The number of rotatable bonds is 6. The standard InChI is InChI=1S/C24H24N2O2S/c1-15-6-5-7-20(12-15)22(24(27)28)13-19-8-10-21(11-9-19)29-14-23-18(4)25-16(2)17(3)26-23/h5-13H,14H2,1-4H3,(H,27,28)/b22-13+. The quantitative estimate of drug-likeness (QED) is 0.328. The molecular weight excluding hydrogens is 380 g/mol. The number of carboxylic acid groups (broad SMARTS) is 1. The van der Waals surface area contributed by atoms with E-state index in [2.05, 4.69) is 9.97 Å². The Hall–Kier alpha value is -2.92. The summed E-state index contributed by atoms with van der Waals surface area (Å²) in [5, 5.41) is 9.63. The molecule has 0 unspecified atom stereocenters. The third-order valence-corrected chi connectivity index (χ3v) is 5.73. The normalized spacial score (nSPS) is 11.5. The Balaban J connectivity index is 1.76. The number of aliphatic carboxylic acids is 1. The molecule has 3 rings (SSSR count). The highest BCUT2D eigenvalue weighted by Gasteiger charge is 2.11. The van der Waals surface area contributed by atoms with Crippen molar-refractivity contribution in [1.82, 2.24) is 9.97 Å². The largest absolute Gasteiger partial charge is 0.478 e. The Kier molecular flexibility index (Phi) is 6.49. The van der Waals surface area contributed by atoms with E-state index >= 15 is 0 Å². The molecule has 0 aliphatic rings. The van der Waals surface area contributed by atoms with Crippen molar-refractivity contribution in [2.45, 2.75) is 38.3 Å². The van der Waals surface area contributed by atoms with Gasteiger partial charge < -0.3 is 5.11 Å². The summed E-state index contributed by atoms with van der Waals surface area (Å²) in [6.45, 7) is 7.89. The minimum Gasteiger partial charge on any atom is -0.478 e. The van der Waals surface area contributed by atoms with Gasteiger partial charge in [0.15, 0.2) is 0 Å². The molecule has 0 spiro atoms. The second-order valence-electron chi connectivity index (χ2n) is 7.02. The molecule has 3 aromatic rings. The van der Waals surface area contributed by atoms with Gasteiger partial charge in [-0.05, 0) is 57.0 Å². The number of carboxylic acids is 1. The van der Waals surface area contributed by atoms with Gasteiger partial charge in [-0.1, -0.05) is 42.0 Å². The van der Waals surface area contributed by atoms with Crippen molar-refractivity contribution in [1.29, 1.82) is 0 Å². The van der Waals surface area contributed by atoms with Crippen molar-refractivity contribution < 1.29 is 9.90 Å². The van der Waals surface area contributed by atoms with Crippen LogP contribution in [0.4, 0.5) is 0 Å². The monoisotopic (exact) mass is 404 g/mol. The minimum atomic E-state index is -0.933. The number of nitrogens with zero attached hydrogens (tertiary/aromatic N) is 2. The van der Waals surface area contributed by atoms with Crippen molar-refractivity contribution in [2.75, 3.05) is 0 Å². The van der Waals surface area contributed by atoms with E-state index in [4.69, 9.17) is 0 Å². The lowest BCUT2D eigenvalue weighted by molar-refractivity contribution is -0.130. The average molecular weight is 405 g/mol. The van der Waals surface area contributed by atoms with Crippen molar-refractivity contribution in [3.05, 3.63) is 88.0 Å². The van der Waals surface area contributed by atoms with Crippen molar-refractivity contribution >= 4 is 29.4 Å². The molecule has 0 saturated carbocycles. The first-order chi connectivity index (χ1) is 13.8. The van der Waals surface area contributed by atoms with Gasteiger partial charge in [-0.3, -0.25) is 9.97 Å². The van der Waals surface area contributed by atoms with Crippen LogP contribution < -0.4 is 0 Å². The van der Waals surface area contributed by atoms with E-state index in [1.807, 2.05) is 76.2 Å². The first kappa shape index (κ1) is 20.8. The molecule has 0 atom stereocenters. The fourth-order valence-corrected chi connectivity index (χ4v) is 3.86. The molecule has 29 heavy (non-hydrogen) atoms.